The number of para-hydroxylation sites is 1. The van der Waals surface area contributed by atoms with E-state index in [9.17, 15) is 4.79 Å². The summed E-state index contributed by atoms with van der Waals surface area (Å²) in [7, 11) is 0. The summed E-state index contributed by atoms with van der Waals surface area (Å²) >= 11 is 0. The van der Waals surface area contributed by atoms with Crippen LogP contribution in [-0.2, 0) is 6.42 Å². The van der Waals surface area contributed by atoms with E-state index in [1.807, 2.05) is 42.6 Å². The number of pyridine rings is 1. The number of hydrogen-bond donors (Lipinski definition) is 1. The average molecular weight is 323 g/mol. The Bertz CT molecular complexity index is 688. The van der Waals surface area contributed by atoms with Gasteiger partial charge in [0.1, 0.15) is 5.69 Å². The van der Waals surface area contributed by atoms with Crippen molar-refractivity contribution >= 4 is 17.3 Å². The lowest BCUT2D eigenvalue weighted by Crippen LogP contribution is -2.32. The van der Waals surface area contributed by atoms with Crippen LogP contribution in [0, 0.1) is 5.92 Å². The molecule has 1 aromatic carbocycles. The minimum atomic E-state index is -0.158. The second-order valence-electron chi connectivity index (χ2n) is 6.54. The van der Waals surface area contributed by atoms with Gasteiger partial charge in [0, 0.05) is 18.8 Å². The van der Waals surface area contributed by atoms with Gasteiger partial charge in [0.25, 0.3) is 5.91 Å². The topological polar surface area (TPSA) is 45.2 Å². The summed E-state index contributed by atoms with van der Waals surface area (Å²) < 4.78 is 0. The number of nitrogens with zero attached hydrogens (tertiary/aromatic N) is 2. The fourth-order valence-corrected chi connectivity index (χ4v) is 3.11. The van der Waals surface area contributed by atoms with Gasteiger partial charge in [-0.25, -0.2) is 4.98 Å². The van der Waals surface area contributed by atoms with Crippen molar-refractivity contribution in [2.45, 2.75) is 33.1 Å². The van der Waals surface area contributed by atoms with Gasteiger partial charge < -0.3 is 10.2 Å². The lowest BCUT2D eigenvalue weighted by atomic mass is 9.99. The molecule has 1 saturated heterocycles. The van der Waals surface area contributed by atoms with Crippen molar-refractivity contribution in [3.8, 4) is 0 Å². The van der Waals surface area contributed by atoms with Crippen LogP contribution in [0.5, 0.6) is 0 Å². The number of aromatic nitrogens is 1. The van der Waals surface area contributed by atoms with Crippen molar-refractivity contribution < 1.29 is 4.79 Å². The molecule has 0 spiro atoms. The van der Waals surface area contributed by atoms with Crippen molar-refractivity contribution in [3.05, 3.63) is 53.9 Å². The van der Waals surface area contributed by atoms with Crippen LogP contribution in [-0.4, -0.2) is 24.0 Å². The molecule has 0 bridgehead atoms. The van der Waals surface area contributed by atoms with Crippen molar-refractivity contribution in [1.82, 2.24) is 4.98 Å². The molecule has 1 aromatic heterocycles. The molecule has 0 saturated carbocycles. The number of carbonyl (C=O) groups is 1. The number of hydrogen-bond acceptors (Lipinski definition) is 3. The molecule has 2 heterocycles. The van der Waals surface area contributed by atoms with Crippen LogP contribution in [0.3, 0.4) is 0 Å². The molecule has 0 unspecified atom stereocenters. The quantitative estimate of drug-likeness (QED) is 0.920. The van der Waals surface area contributed by atoms with E-state index in [1.165, 1.54) is 12.8 Å². The minimum Gasteiger partial charge on any atom is -0.370 e. The Balaban J connectivity index is 1.68. The molecule has 1 amide bonds. The molecular weight excluding hydrogens is 298 g/mol. The van der Waals surface area contributed by atoms with Crippen LogP contribution in [0.2, 0.25) is 0 Å². The monoisotopic (exact) mass is 323 g/mol. The summed E-state index contributed by atoms with van der Waals surface area (Å²) in [6.07, 6.45) is 5.14. The Kier molecular flexibility index (Phi) is 5.14. The molecule has 1 aliphatic heterocycles. The average Bonchev–Trinajstić information content (AvgIpc) is 2.63. The number of anilines is 2. The van der Waals surface area contributed by atoms with Gasteiger partial charge in [-0.15, -0.1) is 0 Å². The summed E-state index contributed by atoms with van der Waals surface area (Å²) in [6, 6.07) is 11.7. The lowest BCUT2D eigenvalue weighted by molar-refractivity contribution is 0.102. The molecule has 4 nitrogen and oxygen atoms in total. The van der Waals surface area contributed by atoms with Gasteiger partial charge in [0.15, 0.2) is 0 Å². The Labute approximate surface area is 143 Å². The Morgan fingerprint density at radius 3 is 2.62 bits per heavy atom. The van der Waals surface area contributed by atoms with Crippen molar-refractivity contribution in [2.75, 3.05) is 23.3 Å². The fraction of sp³-hybridized carbons (Fsp3) is 0.400. The van der Waals surface area contributed by atoms with Crippen LogP contribution in [0.1, 0.15) is 42.7 Å². The number of benzene rings is 1. The summed E-state index contributed by atoms with van der Waals surface area (Å²) in [5, 5.41) is 2.97. The van der Waals surface area contributed by atoms with Gasteiger partial charge in [-0.3, -0.25) is 4.79 Å². The maximum atomic E-state index is 12.4. The number of nitrogens with one attached hydrogen (secondary N) is 1. The highest BCUT2D eigenvalue weighted by molar-refractivity contribution is 6.03. The van der Waals surface area contributed by atoms with E-state index in [0.717, 1.165) is 42.4 Å². The Hall–Kier alpha value is -2.36. The van der Waals surface area contributed by atoms with Crippen molar-refractivity contribution in [2.24, 2.45) is 5.92 Å². The highest BCUT2D eigenvalue weighted by atomic mass is 16.1. The van der Waals surface area contributed by atoms with E-state index >= 15 is 0 Å². The zero-order valence-corrected chi connectivity index (χ0v) is 14.5. The number of rotatable bonds is 4. The maximum absolute atomic E-state index is 12.4. The molecule has 2 aromatic rings. The predicted molar refractivity (Wildman–Crippen MR) is 98.6 cm³/mol. The van der Waals surface area contributed by atoms with E-state index in [4.69, 9.17) is 0 Å². The van der Waals surface area contributed by atoms with Crippen LogP contribution in [0.15, 0.2) is 42.6 Å². The van der Waals surface area contributed by atoms with Gasteiger partial charge in [-0.1, -0.05) is 32.0 Å². The first-order valence-corrected chi connectivity index (χ1v) is 8.77. The second-order valence-corrected chi connectivity index (χ2v) is 6.54. The summed E-state index contributed by atoms with van der Waals surface area (Å²) in [6.45, 7) is 6.52. The van der Waals surface area contributed by atoms with E-state index in [-0.39, 0.29) is 5.91 Å². The SMILES string of the molecule is CCc1ccccc1NC(=O)c1ccc(N2CCC(C)CC2)cn1. The predicted octanol–water partition coefficient (Wildman–Crippen LogP) is 4.13. The normalized spacial score (nSPS) is 15.3. The molecule has 0 atom stereocenters. The van der Waals surface area contributed by atoms with Gasteiger partial charge in [0.2, 0.25) is 0 Å². The first-order valence-electron chi connectivity index (χ1n) is 8.77. The largest absolute Gasteiger partial charge is 0.370 e. The summed E-state index contributed by atoms with van der Waals surface area (Å²) in [5.41, 5.74) is 3.55. The molecule has 24 heavy (non-hydrogen) atoms. The maximum Gasteiger partial charge on any atom is 0.274 e. The molecular formula is C20H25N3O. The third kappa shape index (κ3) is 3.75. The first-order chi connectivity index (χ1) is 11.7. The summed E-state index contributed by atoms with van der Waals surface area (Å²) in [4.78, 5) is 19.1. The molecule has 0 radical (unpaired) electrons. The third-order valence-corrected chi connectivity index (χ3v) is 4.78. The molecule has 3 rings (SSSR count). The number of aryl methyl sites for hydroxylation is 1. The zero-order valence-electron chi connectivity index (χ0n) is 14.5. The molecule has 126 valence electrons. The minimum absolute atomic E-state index is 0.158. The first kappa shape index (κ1) is 16.5. The van der Waals surface area contributed by atoms with Crippen LogP contribution in [0.25, 0.3) is 0 Å². The van der Waals surface area contributed by atoms with Crippen LogP contribution >= 0.6 is 0 Å². The highest BCUT2D eigenvalue weighted by Gasteiger charge is 2.17. The van der Waals surface area contributed by atoms with Crippen molar-refractivity contribution in [3.63, 3.8) is 0 Å². The number of amides is 1. The van der Waals surface area contributed by atoms with Gasteiger partial charge >= 0.3 is 0 Å². The number of piperidine rings is 1. The van der Waals surface area contributed by atoms with Gasteiger partial charge in [0.05, 0.1) is 11.9 Å². The van der Waals surface area contributed by atoms with E-state index in [2.05, 4.69) is 29.0 Å². The summed E-state index contributed by atoms with van der Waals surface area (Å²) in [5.74, 6) is 0.646. The molecule has 1 fully saturated rings. The van der Waals surface area contributed by atoms with Crippen LogP contribution in [0.4, 0.5) is 11.4 Å². The molecule has 1 N–H and O–H groups in total. The molecule has 0 aliphatic carbocycles. The molecule has 4 heteroatoms. The molecule has 1 aliphatic rings. The Morgan fingerprint density at radius 2 is 1.96 bits per heavy atom. The van der Waals surface area contributed by atoms with Crippen LogP contribution < -0.4 is 10.2 Å². The zero-order chi connectivity index (χ0) is 16.9. The standard InChI is InChI=1S/C20H25N3O/c1-3-16-6-4-5-7-18(16)22-20(24)19-9-8-17(14-21-19)23-12-10-15(2)11-13-23/h4-9,14-15H,3,10-13H2,1-2H3,(H,22,24). The van der Waals surface area contributed by atoms with E-state index < -0.39 is 0 Å². The Morgan fingerprint density at radius 1 is 1.21 bits per heavy atom. The van der Waals surface area contributed by atoms with Gasteiger partial charge in [-0.2, -0.15) is 0 Å². The fourth-order valence-electron chi connectivity index (χ4n) is 3.11. The third-order valence-electron chi connectivity index (χ3n) is 4.78. The van der Waals surface area contributed by atoms with Crippen molar-refractivity contribution in [1.29, 1.82) is 0 Å². The number of carbonyl (C=O) groups excluding carboxylic acids is 1. The highest BCUT2D eigenvalue weighted by Crippen LogP contribution is 2.22. The van der Waals surface area contributed by atoms with E-state index in [0.29, 0.717) is 5.69 Å². The lowest BCUT2D eigenvalue weighted by Gasteiger charge is -2.31. The smallest absolute Gasteiger partial charge is 0.274 e. The van der Waals surface area contributed by atoms with E-state index in [1.54, 1.807) is 0 Å². The van der Waals surface area contributed by atoms with Gasteiger partial charge in [-0.05, 0) is 48.9 Å². The second kappa shape index (κ2) is 7.47.